The lowest BCUT2D eigenvalue weighted by molar-refractivity contribution is -0.188. The molecule has 2 aliphatic heterocycles. The van der Waals surface area contributed by atoms with Crippen molar-refractivity contribution in [3.8, 4) is 11.5 Å². The number of Topliss-reactive ketones (excluding diaryl/α,β-unsaturated/α-hetero) is 1. The Kier molecular flexibility index (Phi) is 4.26. The number of rotatable bonds is 6. The number of phosphoric ester groups is 1. The molecule has 2 heterocycles. The van der Waals surface area contributed by atoms with Gasteiger partial charge in [0.25, 0.3) is 0 Å². The number of carbonyl (C=O) groups is 1. The first kappa shape index (κ1) is 20.2. The molecular weight excluding hydrogens is 421 g/mol. The predicted octanol–water partition coefficient (Wildman–Crippen LogP) is 2.60. The highest BCUT2D eigenvalue weighted by atomic mass is 31.2. The molecule has 0 amide bonds. The molecule has 168 valence electrons. The van der Waals surface area contributed by atoms with E-state index in [4.69, 9.17) is 18.3 Å². The number of likely N-dealkylation sites (tertiary alicyclic amines) is 1. The Bertz CT molecular complexity index is 1000. The molecule has 6 rings (SSSR count). The van der Waals surface area contributed by atoms with Crippen LogP contribution in [0.2, 0.25) is 0 Å². The number of ether oxygens (including phenoxy) is 1. The first-order valence-electron chi connectivity index (χ1n) is 11.1. The molecule has 1 aromatic rings. The summed E-state index contributed by atoms with van der Waals surface area (Å²) in [5.41, 5.74) is 0.0902. The average Bonchev–Trinajstić information content (AvgIpc) is 3.50. The van der Waals surface area contributed by atoms with Crippen molar-refractivity contribution in [1.29, 1.82) is 0 Å². The molecule has 1 N–H and O–H groups in total. The third-order valence-corrected chi connectivity index (χ3v) is 9.52. The van der Waals surface area contributed by atoms with Gasteiger partial charge in [0, 0.05) is 38.8 Å². The van der Waals surface area contributed by atoms with Crippen molar-refractivity contribution in [2.24, 2.45) is 5.92 Å². The van der Waals surface area contributed by atoms with Gasteiger partial charge in [0.2, 0.25) is 0 Å². The topological polar surface area (TPSA) is 94.5 Å². The Morgan fingerprint density at radius 3 is 2.74 bits per heavy atom. The Hall–Kier alpha value is -1.44. The number of hydrogen-bond acceptors (Lipinski definition) is 8. The smallest absolute Gasteiger partial charge is 0.477 e. The van der Waals surface area contributed by atoms with Gasteiger partial charge in [0.1, 0.15) is 0 Å². The molecule has 1 aromatic carbocycles. The summed E-state index contributed by atoms with van der Waals surface area (Å²) in [5.74, 6) is 1.36. The van der Waals surface area contributed by atoms with E-state index in [9.17, 15) is 14.5 Å². The van der Waals surface area contributed by atoms with Crippen LogP contribution in [0.3, 0.4) is 0 Å². The highest BCUT2D eigenvalue weighted by molar-refractivity contribution is 7.48. The second-order valence-electron chi connectivity index (χ2n) is 9.60. The van der Waals surface area contributed by atoms with Gasteiger partial charge in [-0.25, -0.2) is 4.57 Å². The van der Waals surface area contributed by atoms with Gasteiger partial charge in [-0.15, -0.1) is 0 Å². The van der Waals surface area contributed by atoms with Crippen LogP contribution in [0.5, 0.6) is 11.5 Å². The van der Waals surface area contributed by atoms with Crippen LogP contribution in [0, 0.1) is 5.92 Å². The molecular formula is C22H28NO7P. The van der Waals surface area contributed by atoms with Crippen LogP contribution in [-0.4, -0.2) is 60.8 Å². The zero-order valence-electron chi connectivity index (χ0n) is 17.8. The van der Waals surface area contributed by atoms with Crippen molar-refractivity contribution >= 4 is 13.6 Å². The highest BCUT2D eigenvalue weighted by Crippen LogP contribution is 2.66. The minimum Gasteiger partial charge on any atom is -0.477 e. The average molecular weight is 449 g/mol. The second-order valence-corrected chi connectivity index (χ2v) is 11.4. The lowest BCUT2D eigenvalue weighted by Crippen LogP contribution is -2.76. The van der Waals surface area contributed by atoms with Crippen molar-refractivity contribution in [3.63, 3.8) is 0 Å². The van der Waals surface area contributed by atoms with Gasteiger partial charge < -0.3 is 14.4 Å². The summed E-state index contributed by atoms with van der Waals surface area (Å²) in [6.45, 7) is 1.84. The lowest BCUT2D eigenvalue weighted by Gasteiger charge is -2.62. The maximum Gasteiger partial charge on any atom is 0.529 e. The van der Waals surface area contributed by atoms with E-state index in [0.717, 1.165) is 30.1 Å². The van der Waals surface area contributed by atoms with Crippen LogP contribution in [-0.2, 0) is 30.2 Å². The predicted molar refractivity (Wildman–Crippen MR) is 110 cm³/mol. The number of ketones is 1. The summed E-state index contributed by atoms with van der Waals surface area (Å²) >= 11 is 0. The van der Waals surface area contributed by atoms with E-state index >= 15 is 0 Å². The van der Waals surface area contributed by atoms with E-state index in [1.807, 2.05) is 6.07 Å². The molecule has 8 nitrogen and oxygen atoms in total. The van der Waals surface area contributed by atoms with Crippen LogP contribution >= 0.6 is 7.82 Å². The molecule has 5 aliphatic rings. The Morgan fingerprint density at radius 2 is 2.03 bits per heavy atom. The number of benzene rings is 1. The first-order chi connectivity index (χ1) is 14.8. The van der Waals surface area contributed by atoms with Crippen molar-refractivity contribution < 1.29 is 32.8 Å². The summed E-state index contributed by atoms with van der Waals surface area (Å²) < 4.78 is 34.4. The molecule has 1 saturated heterocycles. The molecule has 1 spiro atoms. The van der Waals surface area contributed by atoms with E-state index in [0.29, 0.717) is 31.4 Å². The summed E-state index contributed by atoms with van der Waals surface area (Å²) in [4.78, 5) is 15.5. The van der Waals surface area contributed by atoms with Crippen molar-refractivity contribution in [3.05, 3.63) is 23.3 Å². The van der Waals surface area contributed by atoms with Crippen LogP contribution < -0.4 is 9.26 Å². The number of phosphoric acid groups is 1. The summed E-state index contributed by atoms with van der Waals surface area (Å²) in [5, 5.41) is 12.2. The fourth-order valence-corrected chi connectivity index (χ4v) is 7.28. The SMILES string of the molecule is COP(=O)(OC)Oc1ccc2c3c1O[C@H]1C(=O)CC[C@@]4(O)C(C2)N(CC2CC2)CC[C@]314. The molecule has 0 radical (unpaired) electrons. The molecule has 1 unspecified atom stereocenters. The fourth-order valence-electron chi connectivity index (χ4n) is 6.59. The second kappa shape index (κ2) is 6.55. The zero-order valence-corrected chi connectivity index (χ0v) is 18.7. The third-order valence-electron chi connectivity index (χ3n) is 8.20. The van der Waals surface area contributed by atoms with Crippen molar-refractivity contribution in [2.75, 3.05) is 27.3 Å². The standard InChI is InChI=1S/C22H28NO7P/c1-27-31(26,28-2)30-16-6-5-14-11-17-22(25)8-7-15(24)20-21(22,18(14)19(16)29-20)9-10-23(17)12-13-3-4-13/h5-6,13,17,20,25H,3-4,7-12H2,1-2H3/t17?,20-,21-,22+/m0/s1. The summed E-state index contributed by atoms with van der Waals surface area (Å²) in [6.07, 6.45) is 3.86. The molecule has 9 heteroatoms. The summed E-state index contributed by atoms with van der Waals surface area (Å²) in [7, 11) is -1.30. The maximum absolute atomic E-state index is 13.0. The van der Waals surface area contributed by atoms with Gasteiger partial charge in [-0.3, -0.25) is 18.7 Å². The van der Waals surface area contributed by atoms with Crippen LogP contribution in [0.25, 0.3) is 0 Å². The Morgan fingerprint density at radius 1 is 1.26 bits per heavy atom. The minimum absolute atomic E-state index is 0.00994. The van der Waals surface area contributed by atoms with Crippen LogP contribution in [0.4, 0.5) is 0 Å². The van der Waals surface area contributed by atoms with E-state index in [1.165, 1.54) is 27.1 Å². The van der Waals surface area contributed by atoms with Gasteiger partial charge in [0.05, 0.1) is 11.0 Å². The molecule has 3 aliphatic carbocycles. The van der Waals surface area contributed by atoms with Gasteiger partial charge in [-0.05, 0) is 56.2 Å². The van der Waals surface area contributed by atoms with Gasteiger partial charge in [-0.2, -0.15) is 0 Å². The van der Waals surface area contributed by atoms with Gasteiger partial charge in [-0.1, -0.05) is 6.07 Å². The van der Waals surface area contributed by atoms with E-state index in [1.54, 1.807) is 6.07 Å². The number of carbonyl (C=O) groups excluding carboxylic acids is 1. The molecule has 2 bridgehead atoms. The minimum atomic E-state index is -3.80. The van der Waals surface area contributed by atoms with Crippen molar-refractivity contribution in [2.45, 2.75) is 61.7 Å². The maximum atomic E-state index is 13.0. The lowest BCUT2D eigenvalue weighted by atomic mass is 9.49. The third kappa shape index (κ3) is 2.57. The van der Waals surface area contributed by atoms with Crippen LogP contribution in [0.1, 0.15) is 43.2 Å². The van der Waals surface area contributed by atoms with E-state index in [2.05, 4.69) is 4.90 Å². The monoisotopic (exact) mass is 449 g/mol. The number of nitrogens with zero attached hydrogens (tertiary/aromatic N) is 1. The van der Waals surface area contributed by atoms with E-state index < -0.39 is 24.9 Å². The number of aliphatic hydroxyl groups is 1. The molecule has 0 aromatic heterocycles. The Labute approximate surface area is 181 Å². The Balaban J connectivity index is 1.50. The van der Waals surface area contributed by atoms with Gasteiger partial charge in [0.15, 0.2) is 23.4 Å². The molecule has 3 fully saturated rings. The normalized spacial score (nSPS) is 36.2. The molecule has 31 heavy (non-hydrogen) atoms. The van der Waals surface area contributed by atoms with Crippen LogP contribution in [0.15, 0.2) is 12.1 Å². The number of piperidine rings is 1. The highest BCUT2D eigenvalue weighted by Gasteiger charge is 2.73. The molecule has 4 atom stereocenters. The largest absolute Gasteiger partial charge is 0.529 e. The first-order valence-corrected chi connectivity index (χ1v) is 12.5. The molecule has 2 saturated carbocycles. The number of hydrogen-bond donors (Lipinski definition) is 1. The quantitative estimate of drug-likeness (QED) is 0.663. The fraction of sp³-hybridized carbons (Fsp3) is 0.682. The van der Waals surface area contributed by atoms with Crippen molar-refractivity contribution in [1.82, 2.24) is 4.90 Å². The van der Waals surface area contributed by atoms with E-state index in [-0.39, 0.29) is 17.6 Å². The van der Waals surface area contributed by atoms with Gasteiger partial charge >= 0.3 is 7.82 Å². The summed E-state index contributed by atoms with van der Waals surface area (Å²) in [6, 6.07) is 3.63. The zero-order chi connectivity index (χ0) is 21.6.